The van der Waals surface area contributed by atoms with E-state index in [1.54, 1.807) is 13.8 Å². The molecule has 8 nitrogen and oxygen atoms in total. The molecule has 0 aliphatic carbocycles. The van der Waals surface area contributed by atoms with Crippen molar-refractivity contribution in [2.75, 3.05) is 37.6 Å². The molecule has 1 aliphatic rings. The Labute approximate surface area is 179 Å². The Morgan fingerprint density at radius 3 is 2.52 bits per heavy atom. The van der Waals surface area contributed by atoms with E-state index >= 15 is 0 Å². The third kappa shape index (κ3) is 4.51. The zero-order chi connectivity index (χ0) is 22.2. The number of nitrogens with one attached hydrogen (secondary N) is 1. The molecule has 1 N–H and O–H groups in total. The first-order valence-corrected chi connectivity index (χ1v) is 11.5. The number of oxazole rings is 1. The molecule has 4 rings (SSSR count). The molecule has 3 aromatic rings. The van der Waals surface area contributed by atoms with Crippen LogP contribution in [0.5, 0.6) is 0 Å². The van der Waals surface area contributed by atoms with Gasteiger partial charge in [-0.05, 0) is 49.2 Å². The molecule has 1 aliphatic heterocycles. The number of fused-ring (bicyclic) bond motifs is 1. The number of morpholine rings is 1. The second-order valence-electron chi connectivity index (χ2n) is 7.63. The molecular weight excluding hydrogens is 425 g/mol. The number of anilines is 1. The van der Waals surface area contributed by atoms with Gasteiger partial charge in [0.25, 0.3) is 10.0 Å². The van der Waals surface area contributed by atoms with Crippen LogP contribution in [0.2, 0.25) is 0 Å². The van der Waals surface area contributed by atoms with Gasteiger partial charge in [0, 0.05) is 37.9 Å². The van der Waals surface area contributed by atoms with E-state index < -0.39 is 21.6 Å². The lowest BCUT2D eigenvalue weighted by molar-refractivity contribution is 0.0363. The maximum atomic E-state index is 13.5. The summed E-state index contributed by atoms with van der Waals surface area (Å²) in [5, 5.41) is 0. The van der Waals surface area contributed by atoms with Gasteiger partial charge in [0.2, 0.25) is 0 Å². The number of aromatic nitrogens is 1. The SMILES string of the molecule is Cc1cc(NS(=O)(=O)c2cc(C)c3c(c2)oc(=O)n3CCN2CCOCC2)ccc1F. The Bertz CT molecular complexity index is 1280. The second kappa shape index (κ2) is 8.45. The van der Waals surface area contributed by atoms with Crippen molar-refractivity contribution in [3.63, 3.8) is 0 Å². The fraction of sp³-hybridized carbons (Fsp3) is 0.381. The van der Waals surface area contributed by atoms with Crippen molar-refractivity contribution in [3.8, 4) is 0 Å². The van der Waals surface area contributed by atoms with E-state index in [0.29, 0.717) is 42.9 Å². The van der Waals surface area contributed by atoms with Gasteiger partial charge in [-0.3, -0.25) is 14.2 Å². The van der Waals surface area contributed by atoms with Crippen molar-refractivity contribution in [2.45, 2.75) is 25.3 Å². The summed E-state index contributed by atoms with van der Waals surface area (Å²) in [4.78, 5) is 14.6. The van der Waals surface area contributed by atoms with E-state index in [1.165, 1.54) is 34.9 Å². The van der Waals surface area contributed by atoms with Gasteiger partial charge in [0.15, 0.2) is 5.58 Å². The van der Waals surface area contributed by atoms with E-state index in [2.05, 4.69) is 9.62 Å². The van der Waals surface area contributed by atoms with Crippen LogP contribution in [0.4, 0.5) is 10.1 Å². The molecule has 0 atom stereocenters. The summed E-state index contributed by atoms with van der Waals surface area (Å²) in [5.41, 5.74) is 1.98. The molecule has 10 heteroatoms. The van der Waals surface area contributed by atoms with Gasteiger partial charge in [0.1, 0.15) is 5.82 Å². The number of halogens is 1. The van der Waals surface area contributed by atoms with Gasteiger partial charge in [-0.1, -0.05) is 0 Å². The van der Waals surface area contributed by atoms with Crippen molar-refractivity contribution in [1.29, 1.82) is 0 Å². The molecule has 0 saturated carbocycles. The van der Waals surface area contributed by atoms with E-state index in [4.69, 9.17) is 9.15 Å². The monoisotopic (exact) mass is 449 g/mol. The standard InChI is InChI=1S/C21H24FN3O5S/c1-14-11-16(3-4-18(14)22)23-31(27,28)17-12-15(2)20-19(13-17)30-21(26)25(20)6-5-24-7-9-29-10-8-24/h3-4,11-13,23H,5-10H2,1-2H3. The zero-order valence-electron chi connectivity index (χ0n) is 17.4. The van der Waals surface area contributed by atoms with Crippen molar-refractivity contribution in [3.05, 3.63) is 57.8 Å². The molecule has 1 saturated heterocycles. The van der Waals surface area contributed by atoms with Gasteiger partial charge in [0.05, 0.1) is 23.6 Å². The molecular formula is C21H24FN3O5S. The van der Waals surface area contributed by atoms with Gasteiger partial charge in [-0.25, -0.2) is 17.6 Å². The first-order chi connectivity index (χ1) is 14.7. The fourth-order valence-corrected chi connectivity index (χ4v) is 4.88. The fourth-order valence-electron chi connectivity index (χ4n) is 3.73. The minimum Gasteiger partial charge on any atom is -0.408 e. The van der Waals surface area contributed by atoms with Gasteiger partial charge in [-0.15, -0.1) is 0 Å². The number of hydrogen-bond donors (Lipinski definition) is 1. The van der Waals surface area contributed by atoms with E-state index in [1.807, 2.05) is 0 Å². The third-order valence-electron chi connectivity index (χ3n) is 5.39. The normalized spacial score (nSPS) is 15.5. The van der Waals surface area contributed by atoms with Crippen molar-refractivity contribution < 1.29 is 22.0 Å². The maximum absolute atomic E-state index is 13.5. The predicted molar refractivity (Wildman–Crippen MR) is 114 cm³/mol. The maximum Gasteiger partial charge on any atom is 0.420 e. The molecule has 31 heavy (non-hydrogen) atoms. The summed E-state index contributed by atoms with van der Waals surface area (Å²) in [7, 11) is -3.96. The molecule has 0 amide bonds. The molecule has 1 fully saturated rings. The highest BCUT2D eigenvalue weighted by molar-refractivity contribution is 7.92. The van der Waals surface area contributed by atoms with Gasteiger partial charge in [-0.2, -0.15) is 0 Å². The van der Waals surface area contributed by atoms with Crippen LogP contribution in [0.1, 0.15) is 11.1 Å². The molecule has 166 valence electrons. The number of nitrogens with zero attached hydrogens (tertiary/aromatic N) is 2. The zero-order valence-corrected chi connectivity index (χ0v) is 18.2. The number of hydrogen-bond acceptors (Lipinski definition) is 6. The minimum atomic E-state index is -3.96. The van der Waals surface area contributed by atoms with Crippen molar-refractivity contribution in [1.82, 2.24) is 9.47 Å². The van der Waals surface area contributed by atoms with Crippen LogP contribution in [0.25, 0.3) is 11.1 Å². The number of aryl methyl sites for hydroxylation is 2. The number of rotatable bonds is 6. The number of sulfonamides is 1. The van der Waals surface area contributed by atoms with Crippen LogP contribution in [0.3, 0.4) is 0 Å². The van der Waals surface area contributed by atoms with E-state index in [0.717, 1.165) is 13.1 Å². The predicted octanol–water partition coefficient (Wildman–Crippen LogP) is 2.48. The van der Waals surface area contributed by atoms with Crippen LogP contribution in [0, 0.1) is 19.7 Å². The highest BCUT2D eigenvalue weighted by Crippen LogP contribution is 2.25. The average Bonchev–Trinajstić information content (AvgIpc) is 3.05. The Morgan fingerprint density at radius 1 is 1.06 bits per heavy atom. The first-order valence-electron chi connectivity index (χ1n) is 9.98. The largest absolute Gasteiger partial charge is 0.420 e. The lowest BCUT2D eigenvalue weighted by atomic mass is 10.2. The second-order valence-corrected chi connectivity index (χ2v) is 9.31. The molecule has 0 bridgehead atoms. The quantitative estimate of drug-likeness (QED) is 0.622. The molecule has 2 aromatic carbocycles. The van der Waals surface area contributed by atoms with Crippen molar-refractivity contribution >= 4 is 26.8 Å². The highest BCUT2D eigenvalue weighted by atomic mass is 32.2. The van der Waals surface area contributed by atoms with Crippen LogP contribution in [-0.2, 0) is 21.3 Å². The smallest absolute Gasteiger partial charge is 0.408 e. The summed E-state index contributed by atoms with van der Waals surface area (Å²) in [5.74, 6) is -0.941. The Kier molecular flexibility index (Phi) is 5.87. The number of benzene rings is 2. The summed E-state index contributed by atoms with van der Waals surface area (Å²) in [6, 6.07) is 6.82. The first kappa shape index (κ1) is 21.5. The lowest BCUT2D eigenvalue weighted by Gasteiger charge is -2.26. The minimum absolute atomic E-state index is 0.0337. The Morgan fingerprint density at radius 2 is 1.81 bits per heavy atom. The number of ether oxygens (including phenoxy) is 1. The Hall–Kier alpha value is -2.69. The highest BCUT2D eigenvalue weighted by Gasteiger charge is 2.21. The summed E-state index contributed by atoms with van der Waals surface area (Å²) in [6.45, 7) is 7.35. The van der Waals surface area contributed by atoms with Crippen LogP contribution in [-0.4, -0.2) is 50.7 Å². The topological polar surface area (TPSA) is 93.8 Å². The molecule has 0 unspecified atom stereocenters. The molecule has 1 aromatic heterocycles. The Balaban J connectivity index is 1.62. The van der Waals surface area contributed by atoms with E-state index in [-0.39, 0.29) is 16.2 Å². The summed E-state index contributed by atoms with van der Waals surface area (Å²) >= 11 is 0. The van der Waals surface area contributed by atoms with E-state index in [9.17, 15) is 17.6 Å². The summed E-state index contributed by atoms with van der Waals surface area (Å²) in [6.07, 6.45) is 0. The molecule has 2 heterocycles. The van der Waals surface area contributed by atoms with Crippen molar-refractivity contribution in [2.24, 2.45) is 0 Å². The summed E-state index contributed by atoms with van der Waals surface area (Å²) < 4.78 is 53.9. The lowest BCUT2D eigenvalue weighted by Crippen LogP contribution is -2.39. The third-order valence-corrected chi connectivity index (χ3v) is 6.75. The molecule has 0 radical (unpaired) electrons. The van der Waals surface area contributed by atoms with Crippen LogP contribution >= 0.6 is 0 Å². The van der Waals surface area contributed by atoms with Crippen LogP contribution < -0.4 is 10.5 Å². The van der Waals surface area contributed by atoms with Gasteiger partial charge >= 0.3 is 5.76 Å². The van der Waals surface area contributed by atoms with Gasteiger partial charge < -0.3 is 9.15 Å². The van der Waals surface area contributed by atoms with Crippen LogP contribution in [0.15, 0.2) is 44.4 Å². The average molecular weight is 450 g/mol. The molecule has 0 spiro atoms.